The monoisotopic (exact) mass is 198 g/mol. The van der Waals surface area contributed by atoms with Crippen molar-refractivity contribution in [2.75, 3.05) is 19.6 Å². The lowest BCUT2D eigenvalue weighted by molar-refractivity contribution is 0.189. The average molecular weight is 198 g/mol. The van der Waals surface area contributed by atoms with Crippen molar-refractivity contribution in [3.63, 3.8) is 0 Å². The van der Waals surface area contributed by atoms with Crippen molar-refractivity contribution in [3.05, 3.63) is 0 Å². The van der Waals surface area contributed by atoms with E-state index in [-0.39, 0.29) is 0 Å². The molecular weight excluding hydrogens is 172 g/mol. The second-order valence-electron chi connectivity index (χ2n) is 4.46. The van der Waals surface area contributed by atoms with Crippen molar-refractivity contribution in [1.82, 2.24) is 10.2 Å². The quantitative estimate of drug-likeness (QED) is 0.602. The van der Waals surface area contributed by atoms with Crippen LogP contribution in [-0.2, 0) is 0 Å². The summed E-state index contributed by atoms with van der Waals surface area (Å²) in [5.74, 6) is 0. The lowest BCUT2D eigenvalue weighted by Crippen LogP contribution is -2.37. The maximum Gasteiger partial charge on any atom is 0.00992 e. The first-order chi connectivity index (χ1) is 6.79. The van der Waals surface area contributed by atoms with E-state index in [2.05, 4.69) is 31.0 Å². The molecule has 1 N–H and O–H groups in total. The first-order valence-electron chi connectivity index (χ1n) is 6.26. The molecule has 0 radical (unpaired) electrons. The van der Waals surface area contributed by atoms with Gasteiger partial charge >= 0.3 is 0 Å². The van der Waals surface area contributed by atoms with Crippen molar-refractivity contribution in [2.45, 2.75) is 58.5 Å². The summed E-state index contributed by atoms with van der Waals surface area (Å²) in [4.78, 5) is 2.71. The minimum atomic E-state index is 0.765. The van der Waals surface area contributed by atoms with Gasteiger partial charge in [0.05, 0.1) is 0 Å². The van der Waals surface area contributed by atoms with Crippen LogP contribution in [0.2, 0.25) is 0 Å². The summed E-state index contributed by atoms with van der Waals surface area (Å²) in [5, 5.41) is 3.41. The summed E-state index contributed by atoms with van der Waals surface area (Å²) in [7, 11) is 0. The van der Waals surface area contributed by atoms with Crippen LogP contribution in [0.4, 0.5) is 0 Å². The Morgan fingerprint density at radius 1 is 1.36 bits per heavy atom. The van der Waals surface area contributed by atoms with Gasteiger partial charge < -0.3 is 5.32 Å². The molecule has 0 heterocycles. The van der Waals surface area contributed by atoms with Gasteiger partial charge in [-0.2, -0.15) is 0 Å². The Kier molecular flexibility index (Phi) is 5.49. The minimum Gasteiger partial charge on any atom is -0.317 e. The summed E-state index contributed by atoms with van der Waals surface area (Å²) in [6, 6.07) is 1.69. The zero-order valence-corrected chi connectivity index (χ0v) is 10.1. The topological polar surface area (TPSA) is 15.3 Å². The highest BCUT2D eigenvalue weighted by Gasteiger charge is 2.30. The van der Waals surface area contributed by atoms with Crippen LogP contribution in [0.25, 0.3) is 0 Å². The van der Waals surface area contributed by atoms with E-state index in [1.165, 1.54) is 38.8 Å². The second kappa shape index (κ2) is 6.41. The Morgan fingerprint density at radius 3 is 2.57 bits per heavy atom. The molecular formula is C12H26N2. The Bertz CT molecular complexity index is 143. The average Bonchev–Trinajstić information content (AvgIpc) is 2.98. The fraction of sp³-hybridized carbons (Fsp3) is 1.00. The van der Waals surface area contributed by atoms with E-state index in [9.17, 15) is 0 Å². The molecule has 1 unspecified atom stereocenters. The lowest BCUT2D eigenvalue weighted by Gasteiger charge is -2.28. The maximum atomic E-state index is 3.41. The van der Waals surface area contributed by atoms with Crippen molar-refractivity contribution in [3.8, 4) is 0 Å². The molecule has 0 aromatic heterocycles. The van der Waals surface area contributed by atoms with E-state index in [0.717, 1.165) is 18.6 Å². The molecule has 0 bridgehead atoms. The smallest absolute Gasteiger partial charge is 0.00992 e. The molecule has 0 aromatic carbocycles. The largest absolute Gasteiger partial charge is 0.317 e. The van der Waals surface area contributed by atoms with E-state index in [4.69, 9.17) is 0 Å². The van der Waals surface area contributed by atoms with Crippen LogP contribution in [0, 0.1) is 0 Å². The van der Waals surface area contributed by atoms with E-state index in [0.29, 0.717) is 0 Å². The van der Waals surface area contributed by atoms with Crippen LogP contribution in [-0.4, -0.2) is 36.6 Å². The zero-order chi connectivity index (χ0) is 10.4. The first-order valence-corrected chi connectivity index (χ1v) is 6.26. The minimum absolute atomic E-state index is 0.765. The van der Waals surface area contributed by atoms with Gasteiger partial charge in [-0.3, -0.25) is 4.90 Å². The second-order valence-corrected chi connectivity index (χ2v) is 4.46. The number of nitrogens with zero attached hydrogens (tertiary/aromatic N) is 1. The number of rotatable bonds is 8. The van der Waals surface area contributed by atoms with Gasteiger partial charge in [0.1, 0.15) is 0 Å². The van der Waals surface area contributed by atoms with Crippen LogP contribution in [0.15, 0.2) is 0 Å². The third-order valence-electron chi connectivity index (χ3n) is 3.05. The molecule has 1 fully saturated rings. The van der Waals surface area contributed by atoms with Crippen molar-refractivity contribution in [1.29, 1.82) is 0 Å². The van der Waals surface area contributed by atoms with Gasteiger partial charge in [-0.15, -0.1) is 0 Å². The highest BCUT2D eigenvalue weighted by atomic mass is 15.2. The highest BCUT2D eigenvalue weighted by Crippen LogP contribution is 2.29. The summed E-state index contributed by atoms with van der Waals surface area (Å²) < 4.78 is 0. The molecule has 84 valence electrons. The van der Waals surface area contributed by atoms with Crippen molar-refractivity contribution < 1.29 is 0 Å². The maximum absolute atomic E-state index is 3.41. The molecule has 14 heavy (non-hydrogen) atoms. The van der Waals surface area contributed by atoms with Crippen LogP contribution in [0.3, 0.4) is 0 Å². The van der Waals surface area contributed by atoms with Gasteiger partial charge in [-0.1, -0.05) is 13.8 Å². The predicted octanol–water partition coefficient (Wildman–Crippen LogP) is 2.25. The molecule has 1 aliphatic carbocycles. The zero-order valence-electron chi connectivity index (χ0n) is 10.1. The van der Waals surface area contributed by atoms with Gasteiger partial charge in [-0.25, -0.2) is 0 Å². The van der Waals surface area contributed by atoms with Gasteiger partial charge in [-0.05, 0) is 52.2 Å². The fourth-order valence-electron chi connectivity index (χ4n) is 2.08. The van der Waals surface area contributed by atoms with Gasteiger partial charge in [0.25, 0.3) is 0 Å². The van der Waals surface area contributed by atoms with Gasteiger partial charge in [0, 0.05) is 12.1 Å². The molecule has 1 aliphatic rings. The van der Waals surface area contributed by atoms with E-state index < -0.39 is 0 Å². The Morgan fingerprint density at radius 2 is 2.07 bits per heavy atom. The van der Waals surface area contributed by atoms with Gasteiger partial charge in [0.15, 0.2) is 0 Å². The Balaban J connectivity index is 2.19. The van der Waals surface area contributed by atoms with E-state index in [1.807, 2.05) is 0 Å². The number of hydrogen-bond donors (Lipinski definition) is 1. The van der Waals surface area contributed by atoms with Crippen LogP contribution in [0.5, 0.6) is 0 Å². The molecule has 0 aromatic rings. The molecule has 0 saturated heterocycles. The third kappa shape index (κ3) is 3.97. The predicted molar refractivity (Wildman–Crippen MR) is 62.6 cm³/mol. The van der Waals surface area contributed by atoms with E-state index >= 15 is 0 Å². The summed E-state index contributed by atoms with van der Waals surface area (Å²) in [6.07, 6.45) is 5.46. The van der Waals surface area contributed by atoms with Crippen molar-refractivity contribution in [2.24, 2.45) is 0 Å². The standard InChI is InChI=1S/C12H26N2/c1-4-10-14(12-6-7-12)11(3)8-9-13-5-2/h11-13H,4-10H2,1-3H3. The molecule has 0 spiro atoms. The van der Waals surface area contributed by atoms with Crippen LogP contribution in [0.1, 0.15) is 46.5 Å². The molecule has 0 aliphatic heterocycles. The molecule has 1 rings (SSSR count). The molecule has 0 amide bonds. The SMILES string of the molecule is CCCN(C(C)CCNCC)C1CC1. The van der Waals surface area contributed by atoms with Crippen LogP contribution >= 0.6 is 0 Å². The lowest BCUT2D eigenvalue weighted by atomic mass is 10.2. The van der Waals surface area contributed by atoms with Crippen LogP contribution < -0.4 is 5.32 Å². The fourth-order valence-corrected chi connectivity index (χ4v) is 2.08. The highest BCUT2D eigenvalue weighted by molar-refractivity contribution is 4.87. The van der Waals surface area contributed by atoms with Crippen molar-refractivity contribution >= 4 is 0 Å². The molecule has 2 nitrogen and oxygen atoms in total. The Hall–Kier alpha value is -0.0800. The van der Waals surface area contributed by atoms with Gasteiger partial charge in [0.2, 0.25) is 0 Å². The first kappa shape index (κ1) is 12.0. The Labute approximate surface area is 89.1 Å². The molecule has 1 atom stereocenters. The summed E-state index contributed by atoms with van der Waals surface area (Å²) >= 11 is 0. The third-order valence-corrected chi connectivity index (χ3v) is 3.05. The number of hydrogen-bond acceptors (Lipinski definition) is 2. The molecule has 2 heteroatoms. The number of nitrogens with one attached hydrogen (secondary N) is 1. The van der Waals surface area contributed by atoms with E-state index in [1.54, 1.807) is 0 Å². The summed E-state index contributed by atoms with van der Waals surface area (Å²) in [6.45, 7) is 10.4. The molecule has 1 saturated carbocycles. The summed E-state index contributed by atoms with van der Waals surface area (Å²) in [5.41, 5.74) is 0. The normalized spacial score (nSPS) is 18.9.